The minimum Gasteiger partial charge on any atom is -0.452 e. The molecular formula is C23H34O5. The summed E-state index contributed by atoms with van der Waals surface area (Å²) in [6.45, 7) is 3.95. The molecule has 5 heteroatoms. The van der Waals surface area contributed by atoms with Crippen molar-refractivity contribution < 1.29 is 24.9 Å². The normalized spacial score (nSPS) is 23.8. The number of hydrogen-bond donors (Lipinski definition) is 3. The second kappa shape index (κ2) is 14.1. The number of carbonyl (C=O) groups is 1. The van der Waals surface area contributed by atoms with Crippen molar-refractivity contribution >= 4 is 5.97 Å². The number of hydrogen-bond acceptors (Lipinski definition) is 5. The van der Waals surface area contributed by atoms with Crippen molar-refractivity contribution in [3.8, 4) is 0 Å². The fraction of sp³-hybridized carbons (Fsp3) is 0.522. The van der Waals surface area contributed by atoms with Crippen LogP contribution in [0.25, 0.3) is 0 Å². The van der Waals surface area contributed by atoms with Gasteiger partial charge in [-0.15, -0.1) is 0 Å². The molecule has 0 aromatic heterocycles. The third kappa shape index (κ3) is 9.83. The molecule has 3 N–H and O–H groups in total. The van der Waals surface area contributed by atoms with Gasteiger partial charge in [-0.25, -0.2) is 4.79 Å². The molecular weight excluding hydrogens is 356 g/mol. The van der Waals surface area contributed by atoms with Crippen molar-refractivity contribution in [1.82, 2.24) is 0 Å². The number of aliphatic hydroxyl groups is 3. The molecule has 1 heterocycles. The fourth-order valence-electron chi connectivity index (χ4n) is 2.65. The van der Waals surface area contributed by atoms with Crippen molar-refractivity contribution in [2.75, 3.05) is 0 Å². The maximum Gasteiger partial charge on any atom is 0.331 e. The summed E-state index contributed by atoms with van der Waals surface area (Å²) in [6.07, 6.45) is 19.0. The zero-order valence-electron chi connectivity index (χ0n) is 16.9. The molecule has 0 saturated carbocycles. The van der Waals surface area contributed by atoms with Crippen LogP contribution in [0.5, 0.6) is 0 Å². The number of ether oxygens (including phenoxy) is 1. The van der Waals surface area contributed by atoms with Crippen molar-refractivity contribution in [1.29, 1.82) is 0 Å². The standard InChI is InChI=1S/C23H34O5/c1-3-4-5-6-7-8-9-10-11-13-19(24)18(2)20(25)14-12-15-22-21(26)16-17-23(27)28-22/h7-13,15-22,24-26H,3-6,14H2,1-2H3/b8-7+,10-9-,13-11-,15-12+. The van der Waals surface area contributed by atoms with Gasteiger partial charge in [-0.1, -0.05) is 69.2 Å². The summed E-state index contributed by atoms with van der Waals surface area (Å²) in [5.74, 6) is -0.865. The molecule has 0 radical (unpaired) electrons. The van der Waals surface area contributed by atoms with Gasteiger partial charge in [0.05, 0.1) is 12.2 Å². The Morgan fingerprint density at radius 1 is 1.14 bits per heavy atom. The summed E-state index contributed by atoms with van der Waals surface area (Å²) in [4.78, 5) is 11.2. The predicted octanol–water partition coefficient (Wildman–Crippen LogP) is 3.38. The van der Waals surface area contributed by atoms with Crippen LogP contribution >= 0.6 is 0 Å². The van der Waals surface area contributed by atoms with Gasteiger partial charge in [0.25, 0.3) is 0 Å². The number of esters is 1. The molecule has 5 nitrogen and oxygen atoms in total. The van der Waals surface area contributed by atoms with E-state index in [2.05, 4.69) is 13.0 Å². The maximum absolute atomic E-state index is 11.2. The molecule has 5 atom stereocenters. The largest absolute Gasteiger partial charge is 0.452 e. The molecule has 0 aliphatic carbocycles. The zero-order valence-corrected chi connectivity index (χ0v) is 16.9. The molecule has 0 amide bonds. The molecule has 1 rings (SSSR count). The van der Waals surface area contributed by atoms with Crippen molar-refractivity contribution in [3.05, 3.63) is 60.8 Å². The first-order chi connectivity index (χ1) is 13.5. The Bertz CT molecular complexity index is 588. The van der Waals surface area contributed by atoms with Crippen LogP contribution in [0.3, 0.4) is 0 Å². The van der Waals surface area contributed by atoms with Gasteiger partial charge in [0.15, 0.2) is 0 Å². The number of rotatable bonds is 12. The minimum absolute atomic E-state index is 0.285. The van der Waals surface area contributed by atoms with E-state index in [1.165, 1.54) is 31.4 Å². The molecule has 0 aromatic carbocycles. The van der Waals surface area contributed by atoms with E-state index < -0.39 is 30.4 Å². The smallest absolute Gasteiger partial charge is 0.331 e. The van der Waals surface area contributed by atoms with Gasteiger partial charge >= 0.3 is 5.97 Å². The number of unbranched alkanes of at least 4 members (excludes halogenated alkanes) is 3. The van der Waals surface area contributed by atoms with Gasteiger partial charge in [0, 0.05) is 12.0 Å². The van der Waals surface area contributed by atoms with Crippen molar-refractivity contribution in [2.24, 2.45) is 5.92 Å². The topological polar surface area (TPSA) is 87.0 Å². The number of carbonyl (C=O) groups excluding carboxylic acids is 1. The summed E-state index contributed by atoms with van der Waals surface area (Å²) in [5, 5.41) is 30.1. The van der Waals surface area contributed by atoms with E-state index in [9.17, 15) is 20.1 Å². The molecule has 0 spiro atoms. The minimum atomic E-state index is -0.885. The van der Waals surface area contributed by atoms with Crippen LogP contribution in [0.15, 0.2) is 60.8 Å². The monoisotopic (exact) mass is 390 g/mol. The van der Waals surface area contributed by atoms with Crippen LogP contribution in [0, 0.1) is 5.92 Å². The Hall–Kier alpha value is -1.95. The van der Waals surface area contributed by atoms with E-state index in [-0.39, 0.29) is 12.3 Å². The van der Waals surface area contributed by atoms with E-state index in [1.807, 2.05) is 18.2 Å². The van der Waals surface area contributed by atoms with Crippen LogP contribution in [-0.2, 0) is 9.53 Å². The van der Waals surface area contributed by atoms with Gasteiger partial charge in [-0.3, -0.25) is 0 Å². The van der Waals surface area contributed by atoms with E-state index in [0.717, 1.165) is 6.42 Å². The van der Waals surface area contributed by atoms with E-state index in [0.29, 0.717) is 0 Å². The van der Waals surface area contributed by atoms with Crippen LogP contribution < -0.4 is 0 Å². The van der Waals surface area contributed by atoms with Crippen LogP contribution in [-0.4, -0.2) is 45.7 Å². The van der Waals surface area contributed by atoms with Crippen molar-refractivity contribution in [2.45, 2.75) is 70.4 Å². The molecule has 1 aliphatic heterocycles. The highest BCUT2D eigenvalue weighted by atomic mass is 16.6. The highest BCUT2D eigenvalue weighted by molar-refractivity contribution is 5.83. The second-order valence-electron chi connectivity index (χ2n) is 7.03. The quantitative estimate of drug-likeness (QED) is 0.206. The Morgan fingerprint density at radius 3 is 2.64 bits per heavy atom. The van der Waals surface area contributed by atoms with E-state index >= 15 is 0 Å². The van der Waals surface area contributed by atoms with Gasteiger partial charge < -0.3 is 20.1 Å². The number of aliphatic hydroxyl groups excluding tert-OH is 3. The van der Waals surface area contributed by atoms with Crippen LogP contribution in [0.1, 0.15) is 46.0 Å². The lowest BCUT2D eigenvalue weighted by atomic mass is 9.95. The average molecular weight is 391 g/mol. The highest BCUT2D eigenvalue weighted by Gasteiger charge is 2.23. The Kier molecular flexibility index (Phi) is 12.1. The Morgan fingerprint density at radius 2 is 1.89 bits per heavy atom. The van der Waals surface area contributed by atoms with E-state index in [4.69, 9.17) is 4.74 Å². The van der Waals surface area contributed by atoms with Crippen LogP contribution in [0.4, 0.5) is 0 Å². The first-order valence-corrected chi connectivity index (χ1v) is 10.0. The lowest BCUT2D eigenvalue weighted by molar-refractivity contribution is -0.146. The number of allylic oxidation sites excluding steroid dienone is 5. The summed E-state index contributed by atoms with van der Waals surface area (Å²) in [5.41, 5.74) is 0. The first kappa shape index (κ1) is 24.1. The van der Waals surface area contributed by atoms with Gasteiger partial charge in [0.2, 0.25) is 0 Å². The summed E-state index contributed by atoms with van der Waals surface area (Å²) in [6, 6.07) is 0. The third-order valence-electron chi connectivity index (χ3n) is 4.62. The molecule has 28 heavy (non-hydrogen) atoms. The van der Waals surface area contributed by atoms with E-state index in [1.54, 1.807) is 31.2 Å². The molecule has 0 fully saturated rings. The lowest BCUT2D eigenvalue weighted by Crippen LogP contribution is -2.31. The number of cyclic esters (lactones) is 1. The molecule has 0 aromatic rings. The van der Waals surface area contributed by atoms with Crippen molar-refractivity contribution in [3.63, 3.8) is 0 Å². The molecule has 5 unspecified atom stereocenters. The summed E-state index contributed by atoms with van der Waals surface area (Å²) >= 11 is 0. The molecule has 156 valence electrons. The Balaban J connectivity index is 2.34. The first-order valence-electron chi connectivity index (χ1n) is 10.0. The predicted molar refractivity (Wildman–Crippen MR) is 112 cm³/mol. The highest BCUT2D eigenvalue weighted by Crippen LogP contribution is 2.15. The van der Waals surface area contributed by atoms with Crippen LogP contribution in [0.2, 0.25) is 0 Å². The van der Waals surface area contributed by atoms with Gasteiger partial charge in [-0.05, 0) is 31.4 Å². The summed E-state index contributed by atoms with van der Waals surface area (Å²) < 4.78 is 4.98. The molecule has 0 bridgehead atoms. The van der Waals surface area contributed by atoms with Gasteiger partial charge in [0.1, 0.15) is 12.2 Å². The Labute approximate surface area is 168 Å². The molecule has 1 aliphatic rings. The fourth-order valence-corrected chi connectivity index (χ4v) is 2.65. The second-order valence-corrected chi connectivity index (χ2v) is 7.03. The lowest BCUT2D eigenvalue weighted by Gasteiger charge is -2.22. The third-order valence-corrected chi connectivity index (χ3v) is 4.62. The van der Waals surface area contributed by atoms with Gasteiger partial charge in [-0.2, -0.15) is 0 Å². The SMILES string of the molecule is CCCCC/C=C/C=C\C=C/C(O)C(C)C(O)C/C=C/C1OC(=O)C=CC1O. The maximum atomic E-state index is 11.2. The average Bonchev–Trinajstić information content (AvgIpc) is 2.68. The zero-order chi connectivity index (χ0) is 20.8. The summed E-state index contributed by atoms with van der Waals surface area (Å²) in [7, 11) is 0. The molecule has 0 saturated heterocycles.